The van der Waals surface area contributed by atoms with Crippen molar-refractivity contribution < 1.29 is 28.3 Å². The fourth-order valence-electron chi connectivity index (χ4n) is 5.27. The van der Waals surface area contributed by atoms with Crippen LogP contribution in [0.15, 0.2) is 105 Å². The molecule has 0 amide bonds. The quantitative estimate of drug-likeness (QED) is 0.123. The Hall–Kier alpha value is -5.75. The third-order valence-corrected chi connectivity index (χ3v) is 8.33. The van der Waals surface area contributed by atoms with Crippen LogP contribution in [0.3, 0.4) is 0 Å². The number of rotatable bonds is 9. The number of non-ortho nitro benzene ring substituents is 1. The van der Waals surface area contributed by atoms with E-state index in [4.69, 9.17) is 23.6 Å². The highest BCUT2D eigenvalue weighted by Crippen LogP contribution is 2.37. The maximum Gasteiger partial charge on any atom is 0.338 e. The molecule has 232 valence electrons. The smallest absolute Gasteiger partial charge is 0.338 e. The molecular weight excluding hydrogens is 610 g/mol. The summed E-state index contributed by atoms with van der Waals surface area (Å²) in [5.41, 5.74) is 1.83. The second-order valence-corrected chi connectivity index (χ2v) is 11.1. The number of methoxy groups -OCH3 is 2. The first kappa shape index (κ1) is 30.3. The minimum absolute atomic E-state index is 0.119. The molecular formula is C34H27N3O8S. The lowest BCUT2D eigenvalue weighted by Gasteiger charge is -2.26. The Labute approximate surface area is 266 Å². The Balaban J connectivity index is 1.55. The van der Waals surface area contributed by atoms with Gasteiger partial charge in [0.2, 0.25) is 0 Å². The van der Waals surface area contributed by atoms with Crippen molar-refractivity contribution in [2.75, 3.05) is 20.8 Å². The molecule has 0 saturated carbocycles. The van der Waals surface area contributed by atoms with Gasteiger partial charge in [0.05, 0.1) is 53.2 Å². The van der Waals surface area contributed by atoms with Crippen LogP contribution < -0.4 is 24.4 Å². The average Bonchev–Trinajstić information content (AvgIpc) is 3.67. The predicted molar refractivity (Wildman–Crippen MR) is 171 cm³/mol. The summed E-state index contributed by atoms with van der Waals surface area (Å²) in [4.78, 5) is 43.9. The first-order valence-electron chi connectivity index (χ1n) is 14.2. The average molecular weight is 638 g/mol. The summed E-state index contributed by atoms with van der Waals surface area (Å²) >= 11 is 1.15. The number of furan rings is 1. The Morgan fingerprint density at radius 3 is 2.57 bits per heavy atom. The number of thiazole rings is 1. The summed E-state index contributed by atoms with van der Waals surface area (Å²) in [6.07, 6.45) is 1.58. The lowest BCUT2D eigenvalue weighted by Crippen LogP contribution is -2.40. The third kappa shape index (κ3) is 5.61. The maximum absolute atomic E-state index is 14.2. The molecule has 3 heterocycles. The molecule has 0 N–H and O–H groups in total. The van der Waals surface area contributed by atoms with E-state index in [0.29, 0.717) is 54.7 Å². The monoisotopic (exact) mass is 637 g/mol. The Morgan fingerprint density at radius 2 is 1.85 bits per heavy atom. The van der Waals surface area contributed by atoms with Gasteiger partial charge in [0.1, 0.15) is 23.0 Å². The highest BCUT2D eigenvalue weighted by Gasteiger charge is 2.35. The molecule has 0 bridgehead atoms. The number of esters is 1. The molecule has 46 heavy (non-hydrogen) atoms. The number of aromatic nitrogens is 1. The zero-order valence-electron chi connectivity index (χ0n) is 25.0. The van der Waals surface area contributed by atoms with E-state index in [1.165, 1.54) is 29.9 Å². The van der Waals surface area contributed by atoms with Crippen LogP contribution in [0.5, 0.6) is 11.5 Å². The number of carbonyl (C=O) groups is 1. The molecule has 1 aliphatic heterocycles. The fourth-order valence-corrected chi connectivity index (χ4v) is 6.25. The molecule has 0 spiro atoms. The number of hydrogen-bond donors (Lipinski definition) is 0. The van der Waals surface area contributed by atoms with Crippen LogP contribution in [0, 0.1) is 10.1 Å². The molecule has 12 heteroatoms. The summed E-state index contributed by atoms with van der Waals surface area (Å²) in [7, 11) is 3.01. The standard InChI is InChI=1S/C34H27N3O8S/c1-4-44-33(39)29-30(20-9-6-5-7-10-20)35-34-36(31(29)21-11-8-12-23(17-21)42-2)32(38)28(46-34)19-24-14-16-27(45-24)25-18-22(37(40)41)13-15-26(25)43-3/h5-19,31H,4H2,1-3H3/b28-19-. The molecule has 6 rings (SSSR count). The number of benzene rings is 3. The molecule has 3 aromatic carbocycles. The van der Waals surface area contributed by atoms with Gasteiger partial charge in [0, 0.05) is 23.8 Å². The van der Waals surface area contributed by atoms with E-state index >= 15 is 0 Å². The van der Waals surface area contributed by atoms with Gasteiger partial charge < -0.3 is 18.6 Å². The van der Waals surface area contributed by atoms with Crippen molar-refractivity contribution in [2.45, 2.75) is 13.0 Å². The predicted octanol–water partition coefficient (Wildman–Crippen LogP) is 5.12. The molecule has 0 saturated heterocycles. The minimum atomic E-state index is -0.871. The first-order chi connectivity index (χ1) is 22.3. The highest BCUT2D eigenvalue weighted by atomic mass is 32.1. The fraction of sp³-hybridized carbons (Fsp3) is 0.147. The van der Waals surface area contributed by atoms with Crippen LogP contribution in [0.1, 0.15) is 29.9 Å². The second kappa shape index (κ2) is 12.7. The van der Waals surface area contributed by atoms with Gasteiger partial charge in [-0.3, -0.25) is 19.5 Å². The van der Waals surface area contributed by atoms with E-state index in [1.54, 1.807) is 50.4 Å². The van der Waals surface area contributed by atoms with Crippen molar-refractivity contribution in [3.05, 3.63) is 137 Å². The molecule has 1 atom stereocenters. The summed E-state index contributed by atoms with van der Waals surface area (Å²) in [6.45, 7) is 1.85. The molecule has 5 aromatic rings. The number of nitro benzene ring substituents is 1. The number of hydrogen-bond acceptors (Lipinski definition) is 10. The normalized spacial score (nSPS) is 14.4. The molecule has 11 nitrogen and oxygen atoms in total. The van der Waals surface area contributed by atoms with Crippen molar-refractivity contribution >= 4 is 34.8 Å². The Bertz CT molecular complexity index is 2180. The number of nitro groups is 1. The lowest BCUT2D eigenvalue weighted by molar-refractivity contribution is -0.384. The van der Waals surface area contributed by atoms with Crippen LogP contribution in [-0.4, -0.2) is 36.3 Å². The summed E-state index contributed by atoms with van der Waals surface area (Å²) in [6, 6.07) is 23.1. The third-order valence-electron chi connectivity index (χ3n) is 7.34. The van der Waals surface area contributed by atoms with Gasteiger partial charge in [-0.1, -0.05) is 53.8 Å². The van der Waals surface area contributed by atoms with Crippen molar-refractivity contribution in [2.24, 2.45) is 4.99 Å². The van der Waals surface area contributed by atoms with Gasteiger partial charge in [-0.25, -0.2) is 9.79 Å². The van der Waals surface area contributed by atoms with Gasteiger partial charge in [-0.2, -0.15) is 0 Å². The van der Waals surface area contributed by atoms with Crippen molar-refractivity contribution in [1.29, 1.82) is 0 Å². The molecule has 1 aliphatic rings. The summed E-state index contributed by atoms with van der Waals surface area (Å²) in [5.74, 6) is 1.02. The van der Waals surface area contributed by atoms with Crippen LogP contribution in [0.4, 0.5) is 5.69 Å². The number of nitrogens with zero attached hydrogens (tertiary/aromatic N) is 3. The second-order valence-electron chi connectivity index (χ2n) is 10.1. The molecule has 1 unspecified atom stereocenters. The largest absolute Gasteiger partial charge is 0.497 e. The number of ether oxygens (including phenoxy) is 3. The molecule has 0 fully saturated rings. The number of carbonyl (C=O) groups excluding carboxylic acids is 1. The first-order valence-corrected chi connectivity index (χ1v) is 15.0. The van der Waals surface area contributed by atoms with Crippen molar-refractivity contribution in [1.82, 2.24) is 4.57 Å². The molecule has 0 aliphatic carbocycles. The topological polar surface area (TPSA) is 135 Å². The molecule has 0 radical (unpaired) electrons. The Kier molecular flexibility index (Phi) is 8.36. The zero-order chi connectivity index (χ0) is 32.4. The van der Waals surface area contributed by atoms with Gasteiger partial charge in [0.15, 0.2) is 4.80 Å². The Morgan fingerprint density at radius 1 is 1.04 bits per heavy atom. The van der Waals surface area contributed by atoms with Crippen LogP contribution in [-0.2, 0) is 9.53 Å². The van der Waals surface area contributed by atoms with E-state index in [9.17, 15) is 19.7 Å². The van der Waals surface area contributed by atoms with Gasteiger partial charge in [0.25, 0.3) is 11.2 Å². The summed E-state index contributed by atoms with van der Waals surface area (Å²) < 4.78 is 24.2. The van der Waals surface area contributed by atoms with E-state index in [1.807, 2.05) is 36.4 Å². The van der Waals surface area contributed by atoms with E-state index in [-0.39, 0.29) is 17.9 Å². The van der Waals surface area contributed by atoms with Crippen molar-refractivity contribution in [3.63, 3.8) is 0 Å². The summed E-state index contributed by atoms with van der Waals surface area (Å²) in [5, 5.41) is 11.4. The number of fused-ring (bicyclic) bond motifs is 1. The van der Waals surface area contributed by atoms with Crippen LogP contribution in [0.25, 0.3) is 23.1 Å². The maximum atomic E-state index is 14.2. The van der Waals surface area contributed by atoms with Gasteiger partial charge >= 0.3 is 5.97 Å². The minimum Gasteiger partial charge on any atom is -0.497 e. The molecule has 2 aromatic heterocycles. The van der Waals surface area contributed by atoms with Crippen LogP contribution in [0.2, 0.25) is 0 Å². The van der Waals surface area contributed by atoms with Gasteiger partial charge in [-0.15, -0.1) is 0 Å². The zero-order valence-corrected chi connectivity index (χ0v) is 25.8. The van der Waals surface area contributed by atoms with E-state index in [0.717, 1.165) is 11.3 Å². The van der Waals surface area contributed by atoms with Crippen molar-refractivity contribution in [3.8, 4) is 22.8 Å². The lowest BCUT2D eigenvalue weighted by atomic mass is 9.93. The van der Waals surface area contributed by atoms with E-state index in [2.05, 4.69) is 0 Å². The highest BCUT2D eigenvalue weighted by molar-refractivity contribution is 7.07. The SMILES string of the molecule is CCOC(=O)C1=C(c2ccccc2)N=c2s/c(=C\c3ccc(-c4cc([N+](=O)[O-])ccc4OC)o3)c(=O)n2C1c1cccc(OC)c1. The van der Waals surface area contributed by atoms with Gasteiger partial charge in [-0.05, 0) is 42.8 Å². The van der Waals surface area contributed by atoms with E-state index < -0.39 is 22.5 Å². The van der Waals surface area contributed by atoms with Crippen LogP contribution >= 0.6 is 11.3 Å².